The van der Waals surface area contributed by atoms with Crippen LogP contribution in [0.2, 0.25) is 0 Å². The van der Waals surface area contributed by atoms with Crippen LogP contribution in [0.5, 0.6) is 0 Å². The molecule has 1 aliphatic rings. The summed E-state index contributed by atoms with van der Waals surface area (Å²) in [5, 5.41) is 2.59. The molecule has 1 atom stereocenters. The molecule has 1 aliphatic carbocycles. The largest absolute Gasteiger partial charge is 0.444 e. The predicted octanol–water partition coefficient (Wildman–Crippen LogP) is 3.05. The number of hydrogen-bond donors (Lipinski definition) is 1. The third-order valence-corrected chi connectivity index (χ3v) is 3.24. The molecule has 0 heterocycles. The standard InChI is InChI=1S/C14H25NO3/c1-10(15-13(17)18-14(2,3)4)12(16)9-8-11-6-5-7-11/h10-11H,5-9H2,1-4H3,(H,15,17)/t10-/m1/s1. The summed E-state index contributed by atoms with van der Waals surface area (Å²) in [6, 6.07) is -0.458. The Morgan fingerprint density at radius 1 is 1.33 bits per heavy atom. The number of hydrogen-bond acceptors (Lipinski definition) is 3. The topological polar surface area (TPSA) is 55.4 Å². The molecule has 0 spiro atoms. The van der Waals surface area contributed by atoms with Crippen molar-refractivity contribution < 1.29 is 14.3 Å². The van der Waals surface area contributed by atoms with Crippen molar-refractivity contribution in [3.8, 4) is 0 Å². The average Bonchev–Trinajstić information content (AvgIpc) is 2.11. The maximum atomic E-state index is 11.8. The van der Waals surface area contributed by atoms with Crippen molar-refractivity contribution in [2.75, 3.05) is 0 Å². The molecule has 1 amide bonds. The molecule has 0 radical (unpaired) electrons. The van der Waals surface area contributed by atoms with E-state index in [1.165, 1.54) is 19.3 Å². The Morgan fingerprint density at radius 2 is 1.94 bits per heavy atom. The number of carbonyl (C=O) groups is 2. The Bertz CT molecular complexity index is 303. The van der Waals surface area contributed by atoms with Gasteiger partial charge in [0.2, 0.25) is 0 Å². The molecule has 0 saturated heterocycles. The summed E-state index contributed by atoms with van der Waals surface area (Å²) in [6.07, 6.45) is 4.79. The van der Waals surface area contributed by atoms with Crippen molar-refractivity contribution in [2.45, 2.75) is 71.4 Å². The van der Waals surface area contributed by atoms with E-state index in [9.17, 15) is 9.59 Å². The van der Waals surface area contributed by atoms with Crippen LogP contribution in [0, 0.1) is 5.92 Å². The van der Waals surface area contributed by atoms with Crippen LogP contribution in [0.4, 0.5) is 4.79 Å². The maximum absolute atomic E-state index is 11.8. The number of ketones is 1. The van der Waals surface area contributed by atoms with Gasteiger partial charge >= 0.3 is 6.09 Å². The van der Waals surface area contributed by atoms with Gasteiger partial charge in [-0.05, 0) is 40.0 Å². The SMILES string of the molecule is C[C@@H](NC(=O)OC(C)(C)C)C(=O)CCC1CCC1. The Morgan fingerprint density at radius 3 is 2.39 bits per heavy atom. The second-order valence-corrected chi connectivity index (χ2v) is 6.17. The van der Waals surface area contributed by atoms with Crippen LogP contribution in [-0.4, -0.2) is 23.5 Å². The molecule has 0 aliphatic heterocycles. The molecular weight excluding hydrogens is 230 g/mol. The van der Waals surface area contributed by atoms with Gasteiger partial charge in [-0.1, -0.05) is 19.3 Å². The number of rotatable bonds is 5. The fraction of sp³-hybridized carbons (Fsp3) is 0.857. The lowest BCUT2D eigenvalue weighted by atomic mass is 9.81. The number of ether oxygens (including phenoxy) is 1. The van der Waals surface area contributed by atoms with Gasteiger partial charge in [0.15, 0.2) is 5.78 Å². The molecule has 0 aromatic rings. The summed E-state index contributed by atoms with van der Waals surface area (Å²) in [6.45, 7) is 7.12. The highest BCUT2D eigenvalue weighted by atomic mass is 16.6. The van der Waals surface area contributed by atoms with Gasteiger partial charge in [0.1, 0.15) is 5.60 Å². The second-order valence-electron chi connectivity index (χ2n) is 6.17. The summed E-state index contributed by atoms with van der Waals surface area (Å²) < 4.78 is 5.11. The fourth-order valence-corrected chi connectivity index (χ4v) is 1.91. The lowest BCUT2D eigenvalue weighted by molar-refractivity contribution is -0.121. The van der Waals surface area contributed by atoms with Gasteiger partial charge < -0.3 is 10.1 Å². The maximum Gasteiger partial charge on any atom is 0.408 e. The van der Waals surface area contributed by atoms with Crippen molar-refractivity contribution in [3.05, 3.63) is 0 Å². The van der Waals surface area contributed by atoms with E-state index in [1.807, 2.05) is 0 Å². The van der Waals surface area contributed by atoms with Crippen molar-refractivity contribution in [2.24, 2.45) is 5.92 Å². The Hall–Kier alpha value is -1.06. The van der Waals surface area contributed by atoms with Gasteiger partial charge in [0.05, 0.1) is 6.04 Å². The quantitative estimate of drug-likeness (QED) is 0.821. The molecule has 0 aromatic carbocycles. The van der Waals surface area contributed by atoms with Crippen molar-refractivity contribution in [1.82, 2.24) is 5.32 Å². The van der Waals surface area contributed by atoms with Crippen molar-refractivity contribution >= 4 is 11.9 Å². The molecule has 1 rings (SSSR count). The lowest BCUT2D eigenvalue weighted by Gasteiger charge is -2.25. The summed E-state index contributed by atoms with van der Waals surface area (Å²) in [7, 11) is 0. The molecule has 1 saturated carbocycles. The number of Topliss-reactive ketones (excluding diaryl/α,β-unsaturated/α-hetero) is 1. The first-order valence-electron chi connectivity index (χ1n) is 6.80. The number of nitrogens with one attached hydrogen (secondary N) is 1. The third-order valence-electron chi connectivity index (χ3n) is 3.24. The van der Waals surface area contributed by atoms with Gasteiger partial charge in [0, 0.05) is 6.42 Å². The van der Waals surface area contributed by atoms with Crippen LogP contribution in [0.25, 0.3) is 0 Å². The Balaban J connectivity index is 2.23. The summed E-state index contributed by atoms with van der Waals surface area (Å²) >= 11 is 0. The Labute approximate surface area is 109 Å². The van der Waals surface area contributed by atoms with Crippen LogP contribution in [0.15, 0.2) is 0 Å². The van der Waals surface area contributed by atoms with Gasteiger partial charge in [0.25, 0.3) is 0 Å². The number of amides is 1. The predicted molar refractivity (Wildman–Crippen MR) is 70.4 cm³/mol. The highest BCUT2D eigenvalue weighted by molar-refractivity contribution is 5.87. The zero-order chi connectivity index (χ0) is 13.8. The van der Waals surface area contributed by atoms with Crippen LogP contribution in [0.3, 0.4) is 0 Å². The van der Waals surface area contributed by atoms with Gasteiger partial charge in [-0.15, -0.1) is 0 Å². The van der Waals surface area contributed by atoms with Gasteiger partial charge in [-0.3, -0.25) is 4.79 Å². The van der Waals surface area contributed by atoms with Crippen molar-refractivity contribution in [3.63, 3.8) is 0 Å². The first-order chi connectivity index (χ1) is 8.28. The molecule has 4 nitrogen and oxygen atoms in total. The van der Waals surface area contributed by atoms with Crippen LogP contribution in [0.1, 0.15) is 59.8 Å². The highest BCUT2D eigenvalue weighted by Crippen LogP contribution is 2.30. The van der Waals surface area contributed by atoms with E-state index in [1.54, 1.807) is 27.7 Å². The fourth-order valence-electron chi connectivity index (χ4n) is 1.91. The molecule has 1 fully saturated rings. The van der Waals surface area contributed by atoms with Gasteiger partial charge in [-0.25, -0.2) is 4.79 Å². The average molecular weight is 255 g/mol. The third kappa shape index (κ3) is 5.52. The van der Waals surface area contributed by atoms with Crippen LogP contribution >= 0.6 is 0 Å². The monoisotopic (exact) mass is 255 g/mol. The number of carbonyl (C=O) groups excluding carboxylic acids is 2. The zero-order valence-corrected chi connectivity index (χ0v) is 11.9. The zero-order valence-electron chi connectivity index (χ0n) is 11.9. The molecular formula is C14H25NO3. The molecule has 4 heteroatoms. The van der Waals surface area contributed by atoms with Crippen LogP contribution in [-0.2, 0) is 9.53 Å². The second kappa shape index (κ2) is 6.21. The minimum Gasteiger partial charge on any atom is -0.444 e. The van der Waals surface area contributed by atoms with E-state index >= 15 is 0 Å². The molecule has 18 heavy (non-hydrogen) atoms. The van der Waals surface area contributed by atoms with Gasteiger partial charge in [-0.2, -0.15) is 0 Å². The molecule has 104 valence electrons. The van der Waals surface area contributed by atoms with Crippen molar-refractivity contribution in [1.29, 1.82) is 0 Å². The molecule has 1 N–H and O–H groups in total. The molecule has 0 aromatic heterocycles. The molecule has 0 unspecified atom stereocenters. The normalized spacial score (nSPS) is 17.8. The first-order valence-corrected chi connectivity index (χ1v) is 6.80. The summed E-state index contributed by atoms with van der Waals surface area (Å²) in [5.41, 5.74) is -0.529. The summed E-state index contributed by atoms with van der Waals surface area (Å²) in [4.78, 5) is 23.3. The van der Waals surface area contributed by atoms with E-state index in [-0.39, 0.29) is 5.78 Å². The minimum atomic E-state index is -0.529. The summed E-state index contributed by atoms with van der Waals surface area (Å²) in [5.74, 6) is 0.815. The first kappa shape index (κ1) is 15.0. The van der Waals surface area contributed by atoms with E-state index < -0.39 is 17.7 Å². The molecule has 0 bridgehead atoms. The van der Waals surface area contributed by atoms with E-state index in [0.717, 1.165) is 12.3 Å². The minimum absolute atomic E-state index is 0.0905. The Kier molecular flexibility index (Phi) is 5.17. The van der Waals surface area contributed by atoms with Crippen LogP contribution < -0.4 is 5.32 Å². The van der Waals surface area contributed by atoms with E-state index in [0.29, 0.717) is 6.42 Å². The smallest absolute Gasteiger partial charge is 0.408 e. The highest BCUT2D eigenvalue weighted by Gasteiger charge is 2.23. The lowest BCUT2D eigenvalue weighted by Crippen LogP contribution is -2.41. The van der Waals surface area contributed by atoms with E-state index in [4.69, 9.17) is 4.74 Å². The van der Waals surface area contributed by atoms with E-state index in [2.05, 4.69) is 5.32 Å². The number of alkyl carbamates (subject to hydrolysis) is 1.